The summed E-state index contributed by atoms with van der Waals surface area (Å²) < 4.78 is 0. The predicted octanol–water partition coefficient (Wildman–Crippen LogP) is 5.49. The van der Waals surface area contributed by atoms with Gasteiger partial charge in [-0.2, -0.15) is 0 Å². The molecule has 2 unspecified atom stereocenters. The van der Waals surface area contributed by atoms with E-state index in [0.29, 0.717) is 0 Å². The van der Waals surface area contributed by atoms with Crippen LogP contribution in [0.4, 0.5) is 0 Å². The molecule has 0 heteroatoms. The molecule has 1 saturated carbocycles. The van der Waals surface area contributed by atoms with E-state index in [1.165, 1.54) is 37.7 Å². The van der Waals surface area contributed by atoms with E-state index in [1.807, 2.05) is 6.08 Å². The van der Waals surface area contributed by atoms with Crippen molar-refractivity contribution in [1.29, 1.82) is 0 Å². The first-order valence-electron chi connectivity index (χ1n) is 7.53. The van der Waals surface area contributed by atoms with Crippen LogP contribution in [-0.4, -0.2) is 0 Å². The van der Waals surface area contributed by atoms with Gasteiger partial charge in [0.05, 0.1) is 0 Å². The summed E-state index contributed by atoms with van der Waals surface area (Å²) in [5.41, 5.74) is 3.01. The summed E-state index contributed by atoms with van der Waals surface area (Å²) in [6.45, 7) is 6.09. The highest BCUT2D eigenvalue weighted by molar-refractivity contribution is 5.26. The Morgan fingerprint density at radius 1 is 1.22 bits per heavy atom. The first-order valence-corrected chi connectivity index (χ1v) is 7.53. The fraction of sp³-hybridized carbons (Fsp3) is 0.556. The standard InChI is InChI=1S/C18H26/c1-3-5-7-15-8-11-17(12-9-15)18-13-10-16(14-18)6-4-2/h3,8-9,11-12,16,18H,1,4-7,10,13-14H2,2H3. The normalized spacial score (nSPS) is 23.2. The first kappa shape index (κ1) is 13.4. The van der Waals surface area contributed by atoms with Gasteiger partial charge in [0.15, 0.2) is 0 Å². The summed E-state index contributed by atoms with van der Waals surface area (Å²) in [5, 5.41) is 0. The van der Waals surface area contributed by atoms with Gasteiger partial charge in [-0.3, -0.25) is 0 Å². The third-order valence-electron chi connectivity index (χ3n) is 4.33. The van der Waals surface area contributed by atoms with Crippen molar-refractivity contribution in [3.05, 3.63) is 48.0 Å². The lowest BCUT2D eigenvalue weighted by Gasteiger charge is -2.12. The van der Waals surface area contributed by atoms with E-state index in [-0.39, 0.29) is 0 Å². The predicted molar refractivity (Wildman–Crippen MR) is 80.0 cm³/mol. The van der Waals surface area contributed by atoms with Gasteiger partial charge in [0.2, 0.25) is 0 Å². The molecule has 0 radical (unpaired) electrons. The second-order valence-corrected chi connectivity index (χ2v) is 5.73. The molecule has 0 heterocycles. The second-order valence-electron chi connectivity index (χ2n) is 5.73. The number of benzene rings is 1. The topological polar surface area (TPSA) is 0 Å². The molecule has 0 spiro atoms. The number of aryl methyl sites for hydroxylation is 1. The van der Waals surface area contributed by atoms with Gasteiger partial charge in [0.25, 0.3) is 0 Å². The van der Waals surface area contributed by atoms with Crippen LogP contribution in [0.3, 0.4) is 0 Å². The van der Waals surface area contributed by atoms with Crippen molar-refractivity contribution in [2.75, 3.05) is 0 Å². The van der Waals surface area contributed by atoms with Crippen LogP contribution >= 0.6 is 0 Å². The molecule has 0 nitrogen and oxygen atoms in total. The maximum absolute atomic E-state index is 3.78. The lowest BCUT2D eigenvalue weighted by atomic mass is 9.94. The van der Waals surface area contributed by atoms with Crippen LogP contribution in [0.2, 0.25) is 0 Å². The molecule has 1 aromatic rings. The third-order valence-corrected chi connectivity index (χ3v) is 4.33. The summed E-state index contributed by atoms with van der Waals surface area (Å²) in [6.07, 6.45) is 11.2. The SMILES string of the molecule is C=CCCc1ccc(C2CCC(CCC)C2)cc1. The average molecular weight is 242 g/mol. The summed E-state index contributed by atoms with van der Waals surface area (Å²) in [7, 11) is 0. The zero-order chi connectivity index (χ0) is 12.8. The molecular formula is C18H26. The molecule has 18 heavy (non-hydrogen) atoms. The van der Waals surface area contributed by atoms with Crippen molar-refractivity contribution < 1.29 is 0 Å². The molecule has 0 bridgehead atoms. The van der Waals surface area contributed by atoms with Gasteiger partial charge in [-0.25, -0.2) is 0 Å². The molecule has 0 aliphatic heterocycles. The van der Waals surface area contributed by atoms with Gasteiger partial charge < -0.3 is 0 Å². The number of hydrogen-bond acceptors (Lipinski definition) is 0. The smallest absolute Gasteiger partial charge is 0.0159 e. The highest BCUT2D eigenvalue weighted by atomic mass is 14.3. The van der Waals surface area contributed by atoms with Crippen molar-refractivity contribution in [3.8, 4) is 0 Å². The van der Waals surface area contributed by atoms with Gasteiger partial charge >= 0.3 is 0 Å². The van der Waals surface area contributed by atoms with Crippen molar-refractivity contribution in [1.82, 2.24) is 0 Å². The van der Waals surface area contributed by atoms with E-state index in [2.05, 4.69) is 37.8 Å². The van der Waals surface area contributed by atoms with Crippen molar-refractivity contribution in [2.24, 2.45) is 5.92 Å². The van der Waals surface area contributed by atoms with E-state index in [1.54, 1.807) is 5.56 Å². The molecule has 1 aliphatic rings. The van der Waals surface area contributed by atoms with Crippen molar-refractivity contribution in [3.63, 3.8) is 0 Å². The zero-order valence-corrected chi connectivity index (χ0v) is 11.7. The molecule has 1 aliphatic carbocycles. The monoisotopic (exact) mass is 242 g/mol. The minimum Gasteiger partial charge on any atom is -0.103 e. The van der Waals surface area contributed by atoms with Crippen LogP contribution in [0.1, 0.15) is 62.5 Å². The van der Waals surface area contributed by atoms with Gasteiger partial charge in [0, 0.05) is 0 Å². The van der Waals surface area contributed by atoms with Crippen LogP contribution < -0.4 is 0 Å². The highest BCUT2D eigenvalue weighted by Crippen LogP contribution is 2.40. The van der Waals surface area contributed by atoms with E-state index in [9.17, 15) is 0 Å². The molecule has 2 atom stereocenters. The quantitative estimate of drug-likeness (QED) is 0.579. The van der Waals surface area contributed by atoms with Crippen molar-refractivity contribution in [2.45, 2.75) is 57.8 Å². The lowest BCUT2D eigenvalue weighted by Crippen LogP contribution is -1.96. The number of allylic oxidation sites excluding steroid dienone is 1. The fourth-order valence-electron chi connectivity index (χ4n) is 3.27. The first-order chi connectivity index (χ1) is 8.83. The van der Waals surface area contributed by atoms with E-state index in [4.69, 9.17) is 0 Å². The van der Waals surface area contributed by atoms with E-state index in [0.717, 1.165) is 24.7 Å². The Bertz CT molecular complexity index is 360. The minimum atomic E-state index is 0.829. The molecule has 0 amide bonds. The van der Waals surface area contributed by atoms with Crippen LogP contribution in [0.5, 0.6) is 0 Å². The van der Waals surface area contributed by atoms with Gasteiger partial charge in [0.1, 0.15) is 0 Å². The summed E-state index contributed by atoms with van der Waals surface area (Å²) in [4.78, 5) is 0. The molecule has 2 rings (SSSR count). The maximum Gasteiger partial charge on any atom is -0.0159 e. The Hall–Kier alpha value is -1.04. The third kappa shape index (κ3) is 3.48. The van der Waals surface area contributed by atoms with Gasteiger partial charge in [-0.1, -0.05) is 50.1 Å². The van der Waals surface area contributed by atoms with Crippen LogP contribution in [-0.2, 0) is 6.42 Å². The van der Waals surface area contributed by atoms with E-state index >= 15 is 0 Å². The zero-order valence-electron chi connectivity index (χ0n) is 11.7. The maximum atomic E-state index is 3.78. The number of hydrogen-bond donors (Lipinski definition) is 0. The Kier molecular flexibility index (Phi) is 5.04. The molecular weight excluding hydrogens is 216 g/mol. The molecule has 0 aromatic heterocycles. The Balaban J connectivity index is 1.91. The summed E-state index contributed by atoms with van der Waals surface area (Å²) >= 11 is 0. The minimum absolute atomic E-state index is 0.829. The molecule has 1 fully saturated rings. The van der Waals surface area contributed by atoms with E-state index < -0.39 is 0 Å². The molecule has 0 N–H and O–H groups in total. The molecule has 98 valence electrons. The van der Waals surface area contributed by atoms with Gasteiger partial charge in [-0.05, 0) is 55.1 Å². The van der Waals surface area contributed by atoms with Gasteiger partial charge in [-0.15, -0.1) is 6.58 Å². The second kappa shape index (κ2) is 6.78. The number of rotatable bonds is 6. The van der Waals surface area contributed by atoms with Crippen LogP contribution in [0.15, 0.2) is 36.9 Å². The summed E-state index contributed by atoms with van der Waals surface area (Å²) in [6, 6.07) is 9.34. The Morgan fingerprint density at radius 2 is 2.00 bits per heavy atom. The molecule has 1 aromatic carbocycles. The Morgan fingerprint density at radius 3 is 2.67 bits per heavy atom. The lowest BCUT2D eigenvalue weighted by molar-refractivity contribution is 0.489. The van der Waals surface area contributed by atoms with Crippen molar-refractivity contribution >= 4 is 0 Å². The average Bonchev–Trinajstić information content (AvgIpc) is 2.86. The summed E-state index contributed by atoms with van der Waals surface area (Å²) in [5.74, 6) is 1.82. The fourth-order valence-corrected chi connectivity index (χ4v) is 3.27. The van der Waals surface area contributed by atoms with Crippen LogP contribution in [0, 0.1) is 5.92 Å². The largest absolute Gasteiger partial charge is 0.103 e. The van der Waals surface area contributed by atoms with Crippen LogP contribution in [0.25, 0.3) is 0 Å². The molecule has 0 saturated heterocycles. The Labute approximate surface area is 112 Å². The highest BCUT2D eigenvalue weighted by Gasteiger charge is 2.24.